The van der Waals surface area contributed by atoms with Gasteiger partial charge in [0.1, 0.15) is 6.04 Å². The number of urea groups is 1. The fraction of sp³-hybridized carbons (Fsp3) is 0.344. The molecule has 1 aliphatic heterocycles. The predicted octanol–water partition coefficient (Wildman–Crippen LogP) is 5.15. The lowest BCUT2D eigenvalue weighted by Gasteiger charge is -2.34. The second-order valence-electron chi connectivity index (χ2n) is 10.6. The first-order valence-electron chi connectivity index (χ1n) is 13.9. The largest absolute Gasteiger partial charge is 0.324 e. The number of piperazine rings is 1. The van der Waals surface area contributed by atoms with Crippen molar-refractivity contribution in [3.05, 3.63) is 95.6 Å². The molecule has 1 heterocycles. The van der Waals surface area contributed by atoms with Gasteiger partial charge in [-0.15, -0.1) is 0 Å². The molecule has 40 heavy (non-hydrogen) atoms. The van der Waals surface area contributed by atoms with Crippen LogP contribution in [0.2, 0.25) is 0 Å². The molecule has 3 aromatic carbocycles. The van der Waals surface area contributed by atoms with E-state index >= 15 is 0 Å². The molecule has 4 rings (SSSR count). The molecule has 3 aromatic rings. The molecule has 0 saturated carbocycles. The predicted molar refractivity (Wildman–Crippen MR) is 160 cm³/mol. The van der Waals surface area contributed by atoms with Crippen molar-refractivity contribution in [3.8, 4) is 0 Å². The topological polar surface area (TPSA) is 93.8 Å². The van der Waals surface area contributed by atoms with Crippen molar-refractivity contribution in [1.82, 2.24) is 15.1 Å². The number of hydrogen-bond acceptors (Lipinski definition) is 5. The number of benzene rings is 3. The van der Waals surface area contributed by atoms with Gasteiger partial charge in [0, 0.05) is 55.1 Å². The summed E-state index contributed by atoms with van der Waals surface area (Å²) in [6, 6.07) is 22.9. The summed E-state index contributed by atoms with van der Waals surface area (Å²) < 4.78 is 0. The molecule has 0 aromatic heterocycles. The summed E-state index contributed by atoms with van der Waals surface area (Å²) in [7, 11) is 0. The van der Waals surface area contributed by atoms with Crippen LogP contribution in [0.4, 0.5) is 16.2 Å². The first kappa shape index (κ1) is 29.0. The number of nitrogens with one attached hydrogen (secondary N) is 3. The third-order valence-electron chi connectivity index (χ3n) is 7.04. The SMILES string of the molecule is CC(C)N(C(=O)Nc1ccc(NC(=O)C(c2ccccc2)N2CCNCC2)c(C(=O)c2ccccc2)c1)C(C)C. The van der Waals surface area contributed by atoms with Crippen molar-refractivity contribution in [3.63, 3.8) is 0 Å². The van der Waals surface area contributed by atoms with Crippen LogP contribution in [-0.4, -0.2) is 65.8 Å². The van der Waals surface area contributed by atoms with E-state index in [-0.39, 0.29) is 29.8 Å². The van der Waals surface area contributed by atoms with Gasteiger partial charge in [-0.05, 0) is 51.5 Å². The highest BCUT2D eigenvalue weighted by Crippen LogP contribution is 2.28. The summed E-state index contributed by atoms with van der Waals surface area (Å²) >= 11 is 0. The molecule has 1 fully saturated rings. The Morgan fingerprint density at radius 2 is 1.40 bits per heavy atom. The van der Waals surface area contributed by atoms with E-state index in [9.17, 15) is 14.4 Å². The maximum Gasteiger partial charge on any atom is 0.322 e. The normalized spacial score (nSPS) is 14.6. The van der Waals surface area contributed by atoms with E-state index < -0.39 is 6.04 Å². The van der Waals surface area contributed by atoms with E-state index in [1.54, 1.807) is 47.4 Å². The molecule has 0 bridgehead atoms. The lowest BCUT2D eigenvalue weighted by Crippen LogP contribution is -2.48. The summed E-state index contributed by atoms with van der Waals surface area (Å²) in [6.45, 7) is 10.9. The Bertz CT molecular complexity index is 1300. The molecule has 1 atom stereocenters. The molecular formula is C32H39N5O3. The summed E-state index contributed by atoms with van der Waals surface area (Å²) in [5, 5.41) is 9.33. The molecule has 3 amide bonds. The zero-order valence-corrected chi connectivity index (χ0v) is 23.7. The van der Waals surface area contributed by atoms with E-state index in [4.69, 9.17) is 0 Å². The van der Waals surface area contributed by atoms with Crippen LogP contribution in [0.1, 0.15) is 55.2 Å². The van der Waals surface area contributed by atoms with Gasteiger partial charge < -0.3 is 20.9 Å². The van der Waals surface area contributed by atoms with Gasteiger partial charge in [0.2, 0.25) is 5.91 Å². The second kappa shape index (κ2) is 13.4. The number of carbonyl (C=O) groups is 3. The maximum absolute atomic E-state index is 13.9. The van der Waals surface area contributed by atoms with Gasteiger partial charge in [-0.2, -0.15) is 0 Å². The van der Waals surface area contributed by atoms with Crippen LogP contribution in [0.3, 0.4) is 0 Å². The number of amides is 3. The van der Waals surface area contributed by atoms with Crippen molar-refractivity contribution in [2.75, 3.05) is 36.8 Å². The standard InChI is InChI=1S/C32H39N5O3/c1-22(2)37(23(3)4)32(40)34-26-15-16-28(27(21-26)30(38)25-13-9-6-10-14-25)35-31(39)29(24-11-7-5-8-12-24)36-19-17-33-18-20-36/h5-16,21-23,29,33H,17-20H2,1-4H3,(H,34,40)(H,35,39). The minimum atomic E-state index is -0.506. The number of ketones is 1. The molecule has 210 valence electrons. The number of anilines is 2. The van der Waals surface area contributed by atoms with Crippen LogP contribution in [0.15, 0.2) is 78.9 Å². The first-order chi connectivity index (χ1) is 19.3. The van der Waals surface area contributed by atoms with Gasteiger partial charge in [0.05, 0.1) is 5.69 Å². The first-order valence-corrected chi connectivity index (χ1v) is 13.9. The molecule has 0 aliphatic carbocycles. The number of rotatable bonds is 9. The Morgan fingerprint density at radius 1 is 0.800 bits per heavy atom. The Hall–Kier alpha value is -4.01. The van der Waals surface area contributed by atoms with Gasteiger partial charge in [0.15, 0.2) is 5.78 Å². The van der Waals surface area contributed by atoms with Crippen LogP contribution >= 0.6 is 0 Å². The van der Waals surface area contributed by atoms with Gasteiger partial charge in [-0.25, -0.2) is 4.79 Å². The minimum Gasteiger partial charge on any atom is -0.324 e. The summed E-state index contributed by atoms with van der Waals surface area (Å²) in [6.07, 6.45) is 0. The highest BCUT2D eigenvalue weighted by Gasteiger charge is 2.30. The maximum atomic E-state index is 13.9. The summed E-state index contributed by atoms with van der Waals surface area (Å²) in [4.78, 5) is 44.5. The molecular weight excluding hydrogens is 502 g/mol. The highest BCUT2D eigenvalue weighted by molar-refractivity contribution is 6.15. The lowest BCUT2D eigenvalue weighted by atomic mass is 9.99. The molecule has 1 unspecified atom stereocenters. The fourth-order valence-corrected chi connectivity index (χ4v) is 5.22. The van der Waals surface area contributed by atoms with Crippen molar-refractivity contribution in [2.45, 2.75) is 45.8 Å². The Kier molecular flexibility index (Phi) is 9.69. The van der Waals surface area contributed by atoms with Gasteiger partial charge in [0.25, 0.3) is 0 Å². The summed E-state index contributed by atoms with van der Waals surface area (Å²) in [5.74, 6) is -0.451. The molecule has 3 N–H and O–H groups in total. The minimum absolute atomic E-state index is 0.00360. The van der Waals surface area contributed by atoms with Crippen molar-refractivity contribution < 1.29 is 14.4 Å². The number of nitrogens with zero attached hydrogens (tertiary/aromatic N) is 2. The molecule has 0 radical (unpaired) electrons. The molecule has 8 nitrogen and oxygen atoms in total. The van der Waals surface area contributed by atoms with E-state index in [0.29, 0.717) is 22.5 Å². The smallest absolute Gasteiger partial charge is 0.322 e. The Labute approximate surface area is 236 Å². The van der Waals surface area contributed by atoms with Crippen molar-refractivity contribution >= 4 is 29.1 Å². The van der Waals surface area contributed by atoms with E-state index in [2.05, 4.69) is 20.9 Å². The van der Waals surface area contributed by atoms with Crippen molar-refractivity contribution in [2.24, 2.45) is 0 Å². The van der Waals surface area contributed by atoms with Crippen LogP contribution in [0.25, 0.3) is 0 Å². The fourth-order valence-electron chi connectivity index (χ4n) is 5.22. The Morgan fingerprint density at radius 3 is 2.00 bits per heavy atom. The van der Waals surface area contributed by atoms with E-state index in [0.717, 1.165) is 31.7 Å². The Balaban J connectivity index is 1.68. The highest BCUT2D eigenvalue weighted by atomic mass is 16.2. The zero-order valence-electron chi connectivity index (χ0n) is 23.7. The molecule has 1 saturated heterocycles. The van der Waals surface area contributed by atoms with Gasteiger partial charge in [-0.1, -0.05) is 60.7 Å². The molecule has 0 spiro atoms. The van der Waals surface area contributed by atoms with Crippen LogP contribution < -0.4 is 16.0 Å². The number of hydrogen-bond donors (Lipinski definition) is 3. The quantitative estimate of drug-likeness (QED) is 0.326. The average Bonchev–Trinajstić information content (AvgIpc) is 2.95. The van der Waals surface area contributed by atoms with Crippen LogP contribution in [0.5, 0.6) is 0 Å². The van der Waals surface area contributed by atoms with Crippen LogP contribution in [-0.2, 0) is 4.79 Å². The zero-order chi connectivity index (χ0) is 28.6. The molecule has 1 aliphatic rings. The number of carbonyl (C=O) groups excluding carboxylic acids is 3. The van der Waals surface area contributed by atoms with Crippen LogP contribution in [0, 0.1) is 0 Å². The van der Waals surface area contributed by atoms with Gasteiger partial charge >= 0.3 is 6.03 Å². The monoisotopic (exact) mass is 541 g/mol. The average molecular weight is 542 g/mol. The second-order valence-corrected chi connectivity index (χ2v) is 10.6. The lowest BCUT2D eigenvalue weighted by molar-refractivity contribution is -0.121. The molecule has 8 heteroatoms. The van der Waals surface area contributed by atoms with E-state index in [1.165, 1.54) is 0 Å². The summed E-state index contributed by atoms with van der Waals surface area (Å²) in [5.41, 5.74) is 2.58. The van der Waals surface area contributed by atoms with E-state index in [1.807, 2.05) is 64.1 Å². The van der Waals surface area contributed by atoms with Crippen molar-refractivity contribution in [1.29, 1.82) is 0 Å². The third kappa shape index (κ3) is 6.94. The van der Waals surface area contributed by atoms with Gasteiger partial charge in [-0.3, -0.25) is 14.5 Å². The third-order valence-corrected chi connectivity index (χ3v) is 7.04.